The van der Waals surface area contributed by atoms with Gasteiger partial charge >= 0.3 is 0 Å². The van der Waals surface area contributed by atoms with E-state index in [-0.39, 0.29) is 0 Å². The van der Waals surface area contributed by atoms with Gasteiger partial charge in [0, 0.05) is 0 Å². The third-order valence-electron chi connectivity index (χ3n) is 2.90. The highest BCUT2D eigenvalue weighted by Crippen LogP contribution is 2.08. The van der Waals surface area contributed by atoms with Crippen LogP contribution in [-0.2, 0) is 6.42 Å². The molecule has 0 aromatic heterocycles. The van der Waals surface area contributed by atoms with Gasteiger partial charge in [-0.3, -0.25) is 0 Å². The van der Waals surface area contributed by atoms with E-state index < -0.39 is 8.80 Å². The molecule has 0 saturated carbocycles. The number of benzene rings is 2. The Morgan fingerprint density at radius 1 is 0.750 bits per heavy atom. The Balaban J connectivity index is 2.11. The van der Waals surface area contributed by atoms with Crippen molar-refractivity contribution in [2.75, 3.05) is 0 Å². The number of hydrogen-bond acceptors (Lipinski definition) is 0. The summed E-state index contributed by atoms with van der Waals surface area (Å²) in [4.78, 5) is 0. The van der Waals surface area contributed by atoms with Gasteiger partial charge in [-0.25, -0.2) is 0 Å². The van der Waals surface area contributed by atoms with Crippen molar-refractivity contribution in [2.45, 2.75) is 19.5 Å². The van der Waals surface area contributed by atoms with Crippen LogP contribution in [0.2, 0.25) is 13.1 Å². The zero-order chi connectivity index (χ0) is 11.4. The zero-order valence-corrected chi connectivity index (χ0v) is 11.1. The zero-order valence-electron chi connectivity index (χ0n) is 9.98. The molecule has 0 aliphatic carbocycles. The summed E-state index contributed by atoms with van der Waals surface area (Å²) >= 11 is 0. The van der Waals surface area contributed by atoms with Gasteiger partial charge in [-0.05, 0) is 17.5 Å². The summed E-state index contributed by atoms with van der Waals surface area (Å²) in [5.74, 6) is 0. The van der Waals surface area contributed by atoms with Crippen molar-refractivity contribution in [3.63, 3.8) is 0 Å². The van der Waals surface area contributed by atoms with Crippen LogP contribution in [0.4, 0.5) is 0 Å². The summed E-state index contributed by atoms with van der Waals surface area (Å²) in [5.41, 5.74) is 2.79. The lowest BCUT2D eigenvalue weighted by atomic mass is 10.1. The first kappa shape index (κ1) is 11.2. The monoisotopic (exact) mass is 226 g/mol. The molecule has 0 saturated heterocycles. The minimum absolute atomic E-state index is 0.634. The molecule has 0 radical (unpaired) electrons. The highest BCUT2D eigenvalue weighted by Gasteiger charge is 2.00. The van der Waals surface area contributed by atoms with Gasteiger partial charge in [0.1, 0.15) is 0 Å². The fourth-order valence-corrected chi connectivity index (χ4v) is 2.81. The predicted molar refractivity (Wildman–Crippen MR) is 74.2 cm³/mol. The van der Waals surface area contributed by atoms with Crippen LogP contribution in [0.25, 0.3) is 0 Å². The Hall–Kier alpha value is -1.34. The first-order valence-corrected chi connectivity index (χ1v) is 8.77. The van der Waals surface area contributed by atoms with E-state index in [1.165, 1.54) is 11.1 Å². The van der Waals surface area contributed by atoms with Crippen LogP contribution in [0, 0.1) is 0 Å². The van der Waals surface area contributed by atoms with Gasteiger partial charge in [-0.2, -0.15) is 0 Å². The van der Waals surface area contributed by atoms with Gasteiger partial charge < -0.3 is 0 Å². The lowest BCUT2D eigenvalue weighted by Crippen LogP contribution is -2.21. The SMILES string of the molecule is C[SiH](C)c1ccc(Cc2ccccc2)cc1. The van der Waals surface area contributed by atoms with Gasteiger partial charge in [0.05, 0.1) is 8.80 Å². The third-order valence-corrected chi connectivity index (χ3v) is 4.62. The molecule has 0 bridgehead atoms. The molecule has 0 unspecified atom stereocenters. The average molecular weight is 226 g/mol. The maximum absolute atomic E-state index is 2.37. The molecule has 0 spiro atoms. The molecule has 2 aromatic carbocycles. The number of rotatable bonds is 3. The highest BCUT2D eigenvalue weighted by molar-refractivity contribution is 6.70. The Morgan fingerprint density at radius 2 is 1.31 bits per heavy atom. The Bertz CT molecular complexity index is 429. The molecule has 16 heavy (non-hydrogen) atoms. The van der Waals surface area contributed by atoms with Crippen LogP contribution in [0.3, 0.4) is 0 Å². The fraction of sp³-hybridized carbons (Fsp3) is 0.200. The van der Waals surface area contributed by atoms with Crippen molar-refractivity contribution in [1.29, 1.82) is 0 Å². The largest absolute Gasteiger partial charge is 0.0682 e. The van der Waals surface area contributed by atoms with Crippen LogP contribution >= 0.6 is 0 Å². The molecule has 0 amide bonds. The van der Waals surface area contributed by atoms with E-state index >= 15 is 0 Å². The molecule has 0 aliphatic heterocycles. The standard InChI is InChI=1S/C15H18Si/c1-16(2)15-10-8-14(9-11-15)12-13-6-4-3-5-7-13/h3-11,16H,12H2,1-2H3. The van der Waals surface area contributed by atoms with E-state index in [1.807, 2.05) is 0 Å². The number of hydrogen-bond donors (Lipinski definition) is 0. The van der Waals surface area contributed by atoms with E-state index in [9.17, 15) is 0 Å². The van der Waals surface area contributed by atoms with E-state index in [4.69, 9.17) is 0 Å². The summed E-state index contributed by atoms with van der Waals surface area (Å²) in [7, 11) is -0.634. The molecule has 0 fully saturated rings. The molecular formula is C15H18Si. The Labute approximate surface area is 99.6 Å². The van der Waals surface area contributed by atoms with Gasteiger partial charge in [0.15, 0.2) is 0 Å². The van der Waals surface area contributed by atoms with Crippen LogP contribution in [0.5, 0.6) is 0 Å². The summed E-state index contributed by atoms with van der Waals surface area (Å²) in [5, 5.41) is 1.55. The van der Waals surface area contributed by atoms with E-state index in [0.717, 1.165) is 6.42 Å². The van der Waals surface area contributed by atoms with Gasteiger partial charge in [-0.1, -0.05) is 72.9 Å². The van der Waals surface area contributed by atoms with Crippen molar-refractivity contribution in [3.8, 4) is 0 Å². The molecule has 0 N–H and O–H groups in total. The summed E-state index contributed by atoms with van der Waals surface area (Å²) < 4.78 is 0. The lowest BCUT2D eigenvalue weighted by Gasteiger charge is -2.06. The molecule has 0 heterocycles. The topological polar surface area (TPSA) is 0 Å². The third kappa shape index (κ3) is 2.83. The molecule has 2 aromatic rings. The Kier molecular flexibility index (Phi) is 3.57. The fourth-order valence-electron chi connectivity index (χ4n) is 1.85. The van der Waals surface area contributed by atoms with Crippen LogP contribution in [-0.4, -0.2) is 8.80 Å². The van der Waals surface area contributed by atoms with Gasteiger partial charge in [-0.15, -0.1) is 0 Å². The summed E-state index contributed by atoms with van der Waals surface area (Å²) in [6.45, 7) is 4.73. The van der Waals surface area contributed by atoms with E-state index in [2.05, 4.69) is 67.7 Å². The van der Waals surface area contributed by atoms with E-state index in [1.54, 1.807) is 5.19 Å². The normalized spacial score (nSPS) is 10.7. The predicted octanol–water partition coefficient (Wildman–Crippen LogP) is 2.97. The molecule has 2 rings (SSSR count). The molecule has 0 nitrogen and oxygen atoms in total. The van der Waals surface area contributed by atoms with Crippen LogP contribution in [0.1, 0.15) is 11.1 Å². The molecule has 0 aliphatic rings. The maximum Gasteiger partial charge on any atom is 0.0647 e. The molecular weight excluding hydrogens is 208 g/mol. The summed E-state index contributed by atoms with van der Waals surface area (Å²) in [6, 6.07) is 19.8. The second-order valence-electron chi connectivity index (χ2n) is 4.56. The molecule has 0 atom stereocenters. The molecule has 82 valence electrons. The average Bonchev–Trinajstić information content (AvgIpc) is 2.31. The maximum atomic E-state index is 2.37. The van der Waals surface area contributed by atoms with Gasteiger partial charge in [0.2, 0.25) is 0 Å². The minimum atomic E-state index is -0.634. The van der Waals surface area contributed by atoms with Crippen LogP contribution in [0.15, 0.2) is 54.6 Å². The second-order valence-corrected chi connectivity index (χ2v) is 7.53. The minimum Gasteiger partial charge on any atom is -0.0682 e. The van der Waals surface area contributed by atoms with Crippen molar-refractivity contribution in [3.05, 3.63) is 65.7 Å². The van der Waals surface area contributed by atoms with Crippen molar-refractivity contribution in [2.24, 2.45) is 0 Å². The quantitative estimate of drug-likeness (QED) is 0.706. The molecule has 1 heteroatoms. The Morgan fingerprint density at radius 3 is 1.88 bits per heavy atom. The highest BCUT2D eigenvalue weighted by atomic mass is 28.3. The summed E-state index contributed by atoms with van der Waals surface area (Å²) in [6.07, 6.45) is 1.04. The first-order valence-electron chi connectivity index (χ1n) is 5.88. The second kappa shape index (κ2) is 5.13. The van der Waals surface area contributed by atoms with Crippen molar-refractivity contribution in [1.82, 2.24) is 0 Å². The lowest BCUT2D eigenvalue weighted by molar-refractivity contribution is 1.20. The van der Waals surface area contributed by atoms with Crippen molar-refractivity contribution < 1.29 is 0 Å². The van der Waals surface area contributed by atoms with E-state index in [0.29, 0.717) is 0 Å². The van der Waals surface area contributed by atoms with Crippen LogP contribution < -0.4 is 5.19 Å². The van der Waals surface area contributed by atoms with Crippen molar-refractivity contribution >= 4 is 14.0 Å². The smallest absolute Gasteiger partial charge is 0.0647 e. The van der Waals surface area contributed by atoms with Gasteiger partial charge in [0.25, 0.3) is 0 Å². The first-order chi connectivity index (χ1) is 7.75.